The first-order valence-electron chi connectivity index (χ1n) is 10.2. The van der Waals surface area contributed by atoms with Crippen LogP contribution in [-0.4, -0.2) is 48.5 Å². The van der Waals surface area contributed by atoms with Crippen molar-refractivity contribution in [2.75, 3.05) is 0 Å². The molecule has 3 aromatic rings. The molecule has 0 unspecified atom stereocenters. The first-order chi connectivity index (χ1) is 17.0. The molecule has 0 amide bonds. The lowest BCUT2D eigenvalue weighted by Crippen LogP contribution is -1.85. The van der Waals surface area contributed by atoms with Crippen molar-refractivity contribution in [2.45, 2.75) is 0 Å². The molecule has 0 bridgehead atoms. The van der Waals surface area contributed by atoms with Gasteiger partial charge in [-0.2, -0.15) is 0 Å². The quantitative estimate of drug-likeness (QED) is 0.271. The normalized spacial score (nSPS) is 10.3. The Hall–Kier alpha value is -5.31. The second-order valence-electron chi connectivity index (χ2n) is 6.79. The number of carbonyl (C=O) groups is 3. The van der Waals surface area contributed by atoms with Crippen molar-refractivity contribution in [2.24, 2.45) is 0 Å². The SMILES string of the molecule is O=C(O)/C=C/c1ccc(O)cc1.O=C(O)/C=C/c1ccc(O)cc1.O=C(O)/C=C/c1ccc(O)cc1. The molecule has 0 radical (unpaired) electrons. The molecule has 9 heteroatoms. The number of carboxylic acids is 3. The molecule has 0 heterocycles. The molecule has 0 aliphatic rings. The van der Waals surface area contributed by atoms with Crippen molar-refractivity contribution in [3.63, 3.8) is 0 Å². The van der Waals surface area contributed by atoms with Crippen LogP contribution in [0, 0.1) is 0 Å². The topological polar surface area (TPSA) is 173 Å². The van der Waals surface area contributed by atoms with Crippen LogP contribution in [0.15, 0.2) is 91.0 Å². The number of hydrogen-bond donors (Lipinski definition) is 6. The third kappa shape index (κ3) is 14.0. The maximum Gasteiger partial charge on any atom is 0.328 e. The maximum absolute atomic E-state index is 10.1. The van der Waals surface area contributed by atoms with Crippen LogP contribution >= 0.6 is 0 Å². The third-order valence-corrected chi connectivity index (χ3v) is 3.93. The van der Waals surface area contributed by atoms with Crippen LogP contribution in [-0.2, 0) is 14.4 Å². The molecular formula is C27H24O9. The van der Waals surface area contributed by atoms with E-state index in [1.807, 2.05) is 0 Å². The van der Waals surface area contributed by atoms with E-state index in [2.05, 4.69) is 0 Å². The molecule has 3 rings (SSSR count). The van der Waals surface area contributed by atoms with Gasteiger partial charge in [0.2, 0.25) is 0 Å². The minimum Gasteiger partial charge on any atom is -0.508 e. The number of aromatic hydroxyl groups is 3. The van der Waals surface area contributed by atoms with E-state index in [0.717, 1.165) is 34.9 Å². The smallest absolute Gasteiger partial charge is 0.328 e. The van der Waals surface area contributed by atoms with Gasteiger partial charge in [0.1, 0.15) is 17.2 Å². The fourth-order valence-electron chi connectivity index (χ4n) is 2.26. The Kier molecular flexibility index (Phi) is 12.4. The minimum atomic E-state index is -0.983. The second-order valence-corrected chi connectivity index (χ2v) is 6.79. The maximum atomic E-state index is 10.1. The molecule has 186 valence electrons. The van der Waals surface area contributed by atoms with Crippen molar-refractivity contribution in [3.05, 3.63) is 108 Å². The van der Waals surface area contributed by atoms with Gasteiger partial charge in [0.15, 0.2) is 0 Å². The zero-order chi connectivity index (χ0) is 26.9. The zero-order valence-electron chi connectivity index (χ0n) is 18.8. The van der Waals surface area contributed by atoms with E-state index in [9.17, 15) is 14.4 Å². The van der Waals surface area contributed by atoms with Crippen LogP contribution in [0.1, 0.15) is 16.7 Å². The molecule has 0 aliphatic carbocycles. The van der Waals surface area contributed by atoms with Crippen molar-refractivity contribution in [1.29, 1.82) is 0 Å². The highest BCUT2D eigenvalue weighted by atomic mass is 16.4. The van der Waals surface area contributed by atoms with Gasteiger partial charge in [0.25, 0.3) is 0 Å². The first kappa shape index (κ1) is 28.7. The lowest BCUT2D eigenvalue weighted by atomic mass is 10.2. The number of phenolic OH excluding ortho intramolecular Hbond substituents is 3. The summed E-state index contributed by atoms with van der Waals surface area (Å²) in [5.74, 6) is -2.44. The summed E-state index contributed by atoms with van der Waals surface area (Å²) in [5.41, 5.74) is 2.24. The van der Waals surface area contributed by atoms with Crippen molar-refractivity contribution >= 4 is 36.1 Å². The number of rotatable bonds is 6. The van der Waals surface area contributed by atoms with Crippen molar-refractivity contribution < 1.29 is 45.0 Å². The predicted octanol–water partition coefficient (Wildman–Crippen LogP) is 4.47. The summed E-state index contributed by atoms with van der Waals surface area (Å²) in [6.07, 6.45) is 7.52. The molecular weight excluding hydrogens is 468 g/mol. The Morgan fingerprint density at radius 2 is 0.611 bits per heavy atom. The summed E-state index contributed by atoms with van der Waals surface area (Å²) in [5, 5.41) is 51.6. The van der Waals surface area contributed by atoms with Crippen LogP contribution in [0.4, 0.5) is 0 Å². The average Bonchev–Trinajstić information content (AvgIpc) is 2.84. The minimum absolute atomic E-state index is 0.169. The molecule has 0 saturated carbocycles. The molecule has 0 aromatic heterocycles. The average molecular weight is 492 g/mol. The molecule has 0 saturated heterocycles. The summed E-state index contributed by atoms with van der Waals surface area (Å²) in [7, 11) is 0. The van der Waals surface area contributed by atoms with E-state index in [0.29, 0.717) is 0 Å². The Morgan fingerprint density at radius 1 is 0.417 bits per heavy atom. The molecule has 0 fully saturated rings. The molecule has 0 atom stereocenters. The molecule has 3 aromatic carbocycles. The number of aliphatic carboxylic acids is 3. The van der Waals surface area contributed by atoms with E-state index in [1.54, 1.807) is 36.4 Å². The number of phenols is 3. The Bertz CT molecular complexity index is 1050. The highest BCUT2D eigenvalue weighted by molar-refractivity contribution is 5.86. The van der Waals surface area contributed by atoms with E-state index >= 15 is 0 Å². The largest absolute Gasteiger partial charge is 0.508 e. The summed E-state index contributed by atoms with van der Waals surface area (Å²) in [4.78, 5) is 30.3. The van der Waals surface area contributed by atoms with Gasteiger partial charge >= 0.3 is 17.9 Å². The Morgan fingerprint density at radius 3 is 0.778 bits per heavy atom. The molecule has 6 N–H and O–H groups in total. The fraction of sp³-hybridized carbons (Fsp3) is 0. The Labute approximate surface area is 206 Å². The summed E-state index contributed by atoms with van der Waals surface area (Å²) < 4.78 is 0. The summed E-state index contributed by atoms with van der Waals surface area (Å²) >= 11 is 0. The van der Waals surface area contributed by atoms with Crippen LogP contribution in [0.3, 0.4) is 0 Å². The Balaban J connectivity index is 0.000000270. The van der Waals surface area contributed by atoms with E-state index in [1.165, 1.54) is 54.6 Å². The first-order valence-corrected chi connectivity index (χ1v) is 10.2. The van der Waals surface area contributed by atoms with Gasteiger partial charge in [-0.15, -0.1) is 0 Å². The van der Waals surface area contributed by atoms with Crippen molar-refractivity contribution in [1.82, 2.24) is 0 Å². The van der Waals surface area contributed by atoms with Crippen LogP contribution in [0.5, 0.6) is 17.2 Å². The van der Waals surface area contributed by atoms with Gasteiger partial charge in [-0.1, -0.05) is 36.4 Å². The van der Waals surface area contributed by atoms with Crippen LogP contribution < -0.4 is 0 Å². The highest BCUT2D eigenvalue weighted by Gasteiger charge is 1.91. The van der Waals surface area contributed by atoms with Crippen LogP contribution in [0.2, 0.25) is 0 Å². The zero-order valence-corrected chi connectivity index (χ0v) is 18.8. The van der Waals surface area contributed by atoms with Gasteiger partial charge in [-0.05, 0) is 71.3 Å². The van der Waals surface area contributed by atoms with E-state index in [4.69, 9.17) is 30.6 Å². The molecule has 9 nitrogen and oxygen atoms in total. The monoisotopic (exact) mass is 492 g/mol. The third-order valence-electron chi connectivity index (χ3n) is 3.93. The van der Waals surface area contributed by atoms with E-state index < -0.39 is 17.9 Å². The standard InChI is InChI=1S/3C9H8O3/c3*10-8-4-1-7(2-5-8)3-6-9(11)12/h3*1-6,10H,(H,11,12)/b3*6-3+. The number of hydrogen-bond acceptors (Lipinski definition) is 6. The van der Waals surface area contributed by atoms with Gasteiger partial charge in [0, 0.05) is 18.2 Å². The van der Waals surface area contributed by atoms with Crippen molar-refractivity contribution in [3.8, 4) is 17.2 Å². The van der Waals surface area contributed by atoms with Gasteiger partial charge in [0.05, 0.1) is 0 Å². The lowest BCUT2D eigenvalue weighted by molar-refractivity contribution is -0.132. The van der Waals surface area contributed by atoms with Gasteiger partial charge in [-0.25, -0.2) is 14.4 Å². The van der Waals surface area contributed by atoms with Gasteiger partial charge in [-0.3, -0.25) is 0 Å². The number of carboxylic acid groups (broad SMARTS) is 3. The lowest BCUT2D eigenvalue weighted by Gasteiger charge is -1.92. The van der Waals surface area contributed by atoms with Crippen LogP contribution in [0.25, 0.3) is 18.2 Å². The second kappa shape index (κ2) is 15.5. The number of benzene rings is 3. The predicted molar refractivity (Wildman–Crippen MR) is 134 cm³/mol. The summed E-state index contributed by atoms with van der Waals surface area (Å²) in [6.45, 7) is 0. The molecule has 36 heavy (non-hydrogen) atoms. The fourth-order valence-corrected chi connectivity index (χ4v) is 2.26. The van der Waals surface area contributed by atoms with E-state index in [-0.39, 0.29) is 17.2 Å². The highest BCUT2D eigenvalue weighted by Crippen LogP contribution is 2.12. The summed E-state index contributed by atoms with van der Waals surface area (Å²) in [6, 6.07) is 18.8. The molecule has 0 aliphatic heterocycles. The molecule has 0 spiro atoms. The van der Waals surface area contributed by atoms with Gasteiger partial charge < -0.3 is 30.6 Å².